The van der Waals surface area contributed by atoms with Gasteiger partial charge in [-0.05, 0) is 163 Å². The van der Waals surface area contributed by atoms with Gasteiger partial charge in [-0.25, -0.2) is 0 Å². The third-order valence-corrected chi connectivity index (χ3v) is 24.6. The van der Waals surface area contributed by atoms with Gasteiger partial charge in [0.15, 0.2) is 23.1 Å². The van der Waals surface area contributed by atoms with Gasteiger partial charge in [-0.3, -0.25) is 106 Å². The average Bonchev–Trinajstić information content (AvgIpc) is 0.863. The van der Waals surface area contributed by atoms with E-state index in [0.717, 1.165) is 56.9 Å². The van der Waals surface area contributed by atoms with Crippen molar-refractivity contribution in [3.05, 3.63) is 147 Å². The Morgan fingerprint density at radius 2 is 0.628 bits per heavy atom. The molecule has 0 unspecified atom stereocenters. The Bertz CT molecular complexity index is 4910. The van der Waals surface area contributed by atoms with Gasteiger partial charge < -0.3 is 133 Å². The summed E-state index contributed by atoms with van der Waals surface area (Å²) in [6.07, 6.45) is 13.9. The zero-order valence-corrected chi connectivity index (χ0v) is 84.9. The number of hydrogen-bond donors (Lipinski definition) is 24. The van der Waals surface area contributed by atoms with Crippen molar-refractivity contribution in [1.82, 2.24) is 42.5 Å². The van der Waals surface area contributed by atoms with E-state index in [4.69, 9.17) is 97.0 Å². The molecular weight excluding hydrogens is 1940 g/mol. The minimum absolute atomic E-state index is 0.0120. The maximum absolute atomic E-state index is 13.5. The summed E-state index contributed by atoms with van der Waals surface area (Å²) in [7, 11) is 0. The van der Waals surface area contributed by atoms with Crippen molar-refractivity contribution in [2.24, 2.45) is 110 Å². The number of Topliss-reactive ketones (excluding diaryl/α,β-unsaturated/α-hetero) is 4. The molecule has 820 valence electrons. The molecule has 0 heterocycles. The lowest BCUT2D eigenvalue weighted by Crippen LogP contribution is -2.51. The summed E-state index contributed by atoms with van der Waals surface area (Å²) < 4.78 is 0. The third-order valence-electron chi connectivity index (χ3n) is 24.4. The van der Waals surface area contributed by atoms with Crippen LogP contribution in [0.2, 0.25) is 5.02 Å². The van der Waals surface area contributed by atoms with E-state index >= 15 is 0 Å². The number of aliphatic hydroxyl groups excluding tert-OH is 2. The lowest BCUT2D eigenvalue weighted by atomic mass is 9.84. The second-order valence-electron chi connectivity index (χ2n) is 36.5. The number of halogens is 1. The van der Waals surface area contributed by atoms with Crippen LogP contribution in [0, 0.1) is 39.7 Å². The highest BCUT2D eigenvalue weighted by Gasteiger charge is 2.38. The smallest absolute Gasteiger partial charge is 0.269 e. The molecule has 0 spiro atoms. The summed E-state index contributed by atoms with van der Waals surface area (Å²) in [5.41, 5.74) is 77.1. The van der Waals surface area contributed by atoms with Crippen LogP contribution in [0.3, 0.4) is 0 Å². The summed E-state index contributed by atoms with van der Waals surface area (Å²) in [6, 6.07) is 17.8. The quantitative estimate of drug-likeness (QED) is 0.0139. The van der Waals surface area contributed by atoms with E-state index in [2.05, 4.69) is 42.5 Å². The Hall–Kier alpha value is -13.6. The van der Waals surface area contributed by atoms with E-state index in [1.54, 1.807) is 84.9 Å². The van der Waals surface area contributed by atoms with Gasteiger partial charge in [0.05, 0.1) is 68.0 Å². The Balaban J connectivity index is 0.000000668. The van der Waals surface area contributed by atoms with Gasteiger partial charge in [-0.1, -0.05) is 163 Å². The van der Waals surface area contributed by atoms with E-state index in [-0.39, 0.29) is 68.0 Å². The molecule has 47 nitrogen and oxygen atoms in total. The van der Waals surface area contributed by atoms with Crippen molar-refractivity contribution < 1.29 is 111 Å². The topological polar surface area (TPSA) is 886 Å². The molecule has 14 atom stereocenters. The van der Waals surface area contributed by atoms with Crippen LogP contribution in [-0.2, 0) is 99.1 Å². The maximum Gasteiger partial charge on any atom is 0.269 e. The predicted molar refractivity (Wildman–Crippen MR) is 550 cm³/mol. The normalized spacial score (nSPS) is 14.4. The van der Waals surface area contributed by atoms with Crippen LogP contribution in [0.25, 0.3) is 0 Å². The van der Waals surface area contributed by atoms with Crippen molar-refractivity contribution in [2.75, 3.05) is 39.4 Å². The minimum Gasteiger partial charge on any atom is -0.394 e. The lowest BCUT2D eigenvalue weighted by molar-refractivity contribution is -0.384. The Labute approximate surface area is 865 Å². The molecule has 1 aliphatic carbocycles. The van der Waals surface area contributed by atoms with Gasteiger partial charge in [-0.15, -0.1) is 0 Å². The van der Waals surface area contributed by atoms with Crippen LogP contribution in [0.1, 0.15) is 244 Å². The number of hydrogen-bond acceptors (Lipinski definition) is 30. The number of nitrogens with two attached hydrogens (primary N) is 14. The van der Waals surface area contributed by atoms with E-state index in [1.165, 1.54) is 30.7 Å². The fourth-order valence-corrected chi connectivity index (χ4v) is 16.0. The van der Waals surface area contributed by atoms with Gasteiger partial charge in [0.2, 0.25) is 82.7 Å². The van der Waals surface area contributed by atoms with Crippen LogP contribution in [-0.4, -0.2) is 233 Å². The number of nitro benzene ring substituents is 1. The fourth-order valence-electron chi connectivity index (χ4n) is 15.8. The molecule has 0 radical (unpaired) electrons. The summed E-state index contributed by atoms with van der Waals surface area (Å²) in [6.45, 7) is 2.50. The van der Waals surface area contributed by atoms with Crippen LogP contribution < -0.4 is 123 Å². The Kier molecular flexibility index (Phi) is 64.8. The first kappa shape index (κ1) is 131. The molecule has 0 aromatic heterocycles. The second-order valence-corrected chi connectivity index (χ2v) is 37.0. The van der Waals surface area contributed by atoms with Gasteiger partial charge in [0.25, 0.3) is 17.5 Å². The van der Waals surface area contributed by atoms with Crippen LogP contribution in [0.15, 0.2) is 109 Å². The first-order valence-electron chi connectivity index (χ1n) is 49.7. The standard InChI is InChI=1S/C27H34ClN5O5.C27H34N6O7.C24H44N6O6.C22H42N6O6/c28-20-11-9-17(10-12-20)14-21(32-26(37)18-6-2-1-3-7-18)23(34)15-19(8-4-5-13-29)27(38)33-22(25(31)36)16-24(30)35;28-13-5-4-8-19(27(38)32-22(25(30)36)16-24(29)35)15-23(34)21(31-26(37)18-6-2-1-3-7-18)14-17-9-11-20(12-10-17)33(39)40;25-11-5-4-8-16(23(35)30-19(22(28)34)13-21(27)33)12-20(32)18(29-24(36)17(26)14-31)10-9-15-6-2-1-3-7-15;1-2-3-4-5-9-16(27-22(34)15(24)13-29)18(30)11-14(8-6-7-10-23)21(33)28-17(20(26)32)12-19(25)31/h1-3,6-7,9-12,19,21-22H,4-5,8,13-16,29H2,(H2,30,35)(H2,31,36)(H,32,37)(H,33,38);1-3,6-7,9-12,19,21-22H,4-5,8,13-16,28H2,(H2,29,35)(H2,30,36)(H,31,37)(H,32,38);15-19,31H,1-14,25-26H2,(H2,27,33)(H2,28,34)(H,29,36)(H,30,35);14-17,29H,2-13,23-24H2,1H3,(H2,25,31)(H2,26,32)(H,27,34)(H,28,33)/t2*19-,21+,22+;16-,17+,18+,19+;14-,15+,16+,17+/m1111/s1. The number of rotatable bonds is 71. The number of carbonyl (C=O) groups excluding carboxylic acids is 20. The largest absolute Gasteiger partial charge is 0.394 e. The first-order chi connectivity index (χ1) is 70.3. The van der Waals surface area contributed by atoms with Crippen molar-refractivity contribution in [3.63, 3.8) is 0 Å². The number of primary amides is 8. The van der Waals surface area contributed by atoms with E-state index in [0.29, 0.717) is 144 Å². The lowest BCUT2D eigenvalue weighted by Gasteiger charge is -2.26. The van der Waals surface area contributed by atoms with E-state index in [9.17, 15) is 111 Å². The van der Waals surface area contributed by atoms with Crippen LogP contribution in [0.5, 0.6) is 0 Å². The maximum atomic E-state index is 13.5. The minimum atomic E-state index is -1.34. The SMILES string of the molecule is CCCCCC[C@H](NC(=O)[C@@H](N)CO)C(=O)C[C@@H](CCCCN)C(=O)N[C@@H](CC(N)=O)C(N)=O.NCCCC[C@H](CC(=O)[C@H](CCC1CCCCC1)NC(=O)[C@@H](N)CO)C(=O)N[C@@H](CC(N)=O)C(N)=O.NCCCC[C@H](CC(=O)[C@H](Cc1ccc(Cl)cc1)NC(=O)c1ccccc1)C(=O)N[C@@H](CC(N)=O)C(N)=O.NCCCC[C@H](CC(=O)[C@H](Cc1ccc([N+](=O)[O-])cc1)NC(=O)c1ccccc1)C(=O)N[C@@H](CC(N)=O)C(N)=O. The van der Waals surface area contributed by atoms with Gasteiger partial charge in [0, 0.05) is 77.6 Å². The number of amides is 16. The molecule has 48 heteroatoms. The highest BCUT2D eigenvalue weighted by Crippen LogP contribution is 2.30. The molecule has 16 amide bonds. The van der Waals surface area contributed by atoms with Crippen LogP contribution >= 0.6 is 11.6 Å². The number of ketones is 4. The number of aliphatic hydroxyl groups is 2. The van der Waals surface area contributed by atoms with Crippen LogP contribution in [0.4, 0.5) is 5.69 Å². The van der Waals surface area contributed by atoms with E-state index < -0.39 is 228 Å². The summed E-state index contributed by atoms with van der Waals surface area (Å²) in [5, 5.41) is 50.3. The summed E-state index contributed by atoms with van der Waals surface area (Å²) >= 11 is 5.98. The molecule has 1 aliphatic rings. The molecule has 148 heavy (non-hydrogen) atoms. The van der Waals surface area contributed by atoms with E-state index in [1.807, 2.05) is 6.92 Å². The Morgan fingerprint density at radius 1 is 0.345 bits per heavy atom. The van der Waals surface area contributed by atoms with Crippen molar-refractivity contribution in [2.45, 2.75) is 286 Å². The number of non-ortho nitro benzene ring substituents is 1. The molecule has 0 bridgehead atoms. The molecule has 5 rings (SSSR count). The average molecular weight is 2100 g/mol. The monoisotopic (exact) mass is 2100 g/mol. The number of carbonyl (C=O) groups is 20. The molecule has 4 aromatic carbocycles. The number of nitrogens with zero attached hydrogens (tertiary/aromatic N) is 1. The number of benzene rings is 4. The fraction of sp³-hybridized carbons (Fsp3) is 0.560. The molecule has 0 saturated heterocycles. The molecule has 1 fully saturated rings. The van der Waals surface area contributed by atoms with Gasteiger partial charge >= 0.3 is 0 Å². The predicted octanol–water partition coefficient (Wildman–Crippen LogP) is -1.27. The third kappa shape index (κ3) is 54.2. The summed E-state index contributed by atoms with van der Waals surface area (Å²) in [5.74, 6) is -16.2. The number of unbranched alkanes of at least 4 members (excludes halogenated alkanes) is 7. The zero-order chi connectivity index (χ0) is 111. The van der Waals surface area contributed by atoms with Crippen molar-refractivity contribution >= 4 is 135 Å². The highest BCUT2D eigenvalue weighted by molar-refractivity contribution is 6.30. The molecular formula is C100H154ClN23O24. The van der Waals surface area contributed by atoms with Gasteiger partial charge in [-0.2, -0.15) is 0 Å². The molecule has 1 saturated carbocycles. The Morgan fingerprint density at radius 3 is 0.905 bits per heavy atom. The van der Waals surface area contributed by atoms with Crippen molar-refractivity contribution in [3.8, 4) is 0 Å². The van der Waals surface area contributed by atoms with Gasteiger partial charge in [0.1, 0.15) is 36.3 Å². The molecule has 0 aliphatic heterocycles. The number of nitrogens with one attached hydrogen (secondary N) is 8. The zero-order valence-electron chi connectivity index (χ0n) is 84.1. The molecule has 38 N–H and O–H groups in total. The second kappa shape index (κ2) is 73.5. The highest BCUT2D eigenvalue weighted by atomic mass is 35.5. The van der Waals surface area contributed by atoms with Crippen molar-refractivity contribution in [1.29, 1.82) is 0 Å². The number of nitro groups is 1. The summed E-state index contributed by atoms with van der Waals surface area (Å²) in [4.78, 5) is 258. The molecule has 4 aromatic rings. The first-order valence-corrected chi connectivity index (χ1v) is 50.1.